The van der Waals surface area contributed by atoms with Crippen LogP contribution < -0.4 is 10.1 Å². The number of alkyl halides is 3. The first-order valence-corrected chi connectivity index (χ1v) is 5.28. The van der Waals surface area contributed by atoms with Crippen LogP contribution in [0.1, 0.15) is 24.4 Å². The fourth-order valence-corrected chi connectivity index (χ4v) is 1.98. The van der Waals surface area contributed by atoms with Crippen LogP contribution in [0.5, 0.6) is 11.5 Å². The van der Waals surface area contributed by atoms with Gasteiger partial charge in [0.25, 0.3) is 0 Å². The lowest BCUT2D eigenvalue weighted by molar-refractivity contribution is -0.275. The van der Waals surface area contributed by atoms with E-state index in [0.29, 0.717) is 5.56 Å². The predicted molar refractivity (Wildman–Crippen MR) is 54.8 cm³/mol. The van der Waals surface area contributed by atoms with Gasteiger partial charge in [0, 0.05) is 11.6 Å². The van der Waals surface area contributed by atoms with Crippen LogP contribution >= 0.6 is 0 Å². The van der Waals surface area contributed by atoms with Crippen molar-refractivity contribution in [1.82, 2.24) is 5.32 Å². The molecule has 1 fully saturated rings. The zero-order chi connectivity index (χ0) is 12.5. The van der Waals surface area contributed by atoms with E-state index in [9.17, 15) is 18.3 Å². The highest BCUT2D eigenvalue weighted by molar-refractivity contribution is 5.47. The maximum absolute atomic E-state index is 12.1. The highest BCUT2D eigenvalue weighted by atomic mass is 19.4. The lowest BCUT2D eigenvalue weighted by Gasteiger charge is -2.16. The lowest BCUT2D eigenvalue weighted by Crippen LogP contribution is -2.18. The summed E-state index contributed by atoms with van der Waals surface area (Å²) in [6.45, 7) is 0.800. The van der Waals surface area contributed by atoms with Crippen molar-refractivity contribution in [2.24, 2.45) is 0 Å². The minimum atomic E-state index is -4.79. The van der Waals surface area contributed by atoms with Crippen LogP contribution in [-0.4, -0.2) is 18.0 Å². The number of ether oxygens (including phenoxy) is 1. The summed E-state index contributed by atoms with van der Waals surface area (Å²) < 4.78 is 40.0. The van der Waals surface area contributed by atoms with Crippen LogP contribution in [0.2, 0.25) is 0 Å². The summed E-state index contributed by atoms with van der Waals surface area (Å²) in [4.78, 5) is 0. The maximum atomic E-state index is 12.1. The largest absolute Gasteiger partial charge is 0.573 e. The first-order valence-electron chi connectivity index (χ1n) is 5.28. The van der Waals surface area contributed by atoms with E-state index < -0.39 is 17.9 Å². The van der Waals surface area contributed by atoms with Gasteiger partial charge in [-0.2, -0.15) is 0 Å². The van der Waals surface area contributed by atoms with Crippen molar-refractivity contribution in [2.75, 3.05) is 6.54 Å². The van der Waals surface area contributed by atoms with Crippen molar-refractivity contribution in [3.8, 4) is 11.5 Å². The third-order valence-electron chi connectivity index (χ3n) is 2.69. The minimum Gasteiger partial charge on any atom is -0.504 e. The summed E-state index contributed by atoms with van der Waals surface area (Å²) in [6.07, 6.45) is -3.06. The second-order valence-electron chi connectivity index (χ2n) is 3.89. The number of aromatic hydroxyl groups is 1. The summed E-state index contributed by atoms with van der Waals surface area (Å²) in [7, 11) is 0. The molecule has 1 aliphatic rings. The summed E-state index contributed by atoms with van der Waals surface area (Å²) in [5, 5.41) is 12.9. The fourth-order valence-electron chi connectivity index (χ4n) is 1.98. The highest BCUT2D eigenvalue weighted by Gasteiger charge is 2.33. The molecule has 0 spiro atoms. The molecule has 0 amide bonds. The average molecular weight is 247 g/mol. The molecule has 1 saturated heterocycles. The molecule has 1 aromatic rings. The molecule has 1 atom stereocenters. The second-order valence-corrected chi connectivity index (χ2v) is 3.89. The van der Waals surface area contributed by atoms with Crippen LogP contribution in [0, 0.1) is 0 Å². The van der Waals surface area contributed by atoms with Gasteiger partial charge in [-0.25, -0.2) is 0 Å². The van der Waals surface area contributed by atoms with Crippen molar-refractivity contribution >= 4 is 0 Å². The summed E-state index contributed by atoms with van der Waals surface area (Å²) in [5.41, 5.74) is 0.448. The van der Waals surface area contributed by atoms with Gasteiger partial charge < -0.3 is 15.2 Å². The number of halogens is 3. The van der Waals surface area contributed by atoms with Crippen molar-refractivity contribution in [3.05, 3.63) is 23.8 Å². The fraction of sp³-hybridized carbons (Fsp3) is 0.455. The SMILES string of the molecule is Oc1c(OC(F)(F)F)cccc1[C@@H]1CCCN1. The van der Waals surface area contributed by atoms with Crippen molar-refractivity contribution in [3.63, 3.8) is 0 Å². The molecule has 1 heterocycles. The quantitative estimate of drug-likeness (QED) is 0.844. The topological polar surface area (TPSA) is 41.5 Å². The maximum Gasteiger partial charge on any atom is 0.573 e. The number of rotatable bonds is 2. The first kappa shape index (κ1) is 12.0. The highest BCUT2D eigenvalue weighted by Crippen LogP contribution is 2.38. The van der Waals surface area contributed by atoms with Gasteiger partial charge in [0.2, 0.25) is 0 Å². The van der Waals surface area contributed by atoms with E-state index in [0.717, 1.165) is 25.5 Å². The predicted octanol–water partition coefficient (Wildman–Crippen LogP) is 2.72. The van der Waals surface area contributed by atoms with E-state index in [1.54, 1.807) is 6.07 Å². The van der Waals surface area contributed by atoms with E-state index in [1.165, 1.54) is 6.07 Å². The number of phenolic OH excluding ortho intramolecular Hbond substituents is 1. The molecule has 94 valence electrons. The Balaban J connectivity index is 2.26. The van der Waals surface area contributed by atoms with Gasteiger partial charge in [-0.05, 0) is 25.5 Å². The van der Waals surface area contributed by atoms with Crippen LogP contribution in [-0.2, 0) is 0 Å². The molecule has 1 aromatic carbocycles. The van der Waals surface area contributed by atoms with Gasteiger partial charge >= 0.3 is 6.36 Å². The van der Waals surface area contributed by atoms with Crippen molar-refractivity contribution < 1.29 is 23.0 Å². The molecule has 1 aliphatic heterocycles. The van der Waals surface area contributed by atoms with Gasteiger partial charge in [0.05, 0.1) is 0 Å². The van der Waals surface area contributed by atoms with Gasteiger partial charge in [-0.1, -0.05) is 12.1 Å². The molecule has 17 heavy (non-hydrogen) atoms. The van der Waals surface area contributed by atoms with E-state index in [2.05, 4.69) is 10.1 Å². The number of para-hydroxylation sites is 1. The Morgan fingerprint density at radius 1 is 1.35 bits per heavy atom. The lowest BCUT2D eigenvalue weighted by atomic mass is 10.0. The molecular formula is C11H12F3NO2. The Bertz CT molecular complexity index is 400. The van der Waals surface area contributed by atoms with Crippen LogP contribution in [0.25, 0.3) is 0 Å². The zero-order valence-corrected chi connectivity index (χ0v) is 8.92. The number of hydrogen-bond acceptors (Lipinski definition) is 3. The minimum absolute atomic E-state index is 0.105. The van der Waals surface area contributed by atoms with E-state index in [4.69, 9.17) is 0 Å². The molecule has 0 unspecified atom stereocenters. The molecule has 0 bridgehead atoms. The van der Waals surface area contributed by atoms with Gasteiger partial charge in [0.1, 0.15) is 0 Å². The third-order valence-corrected chi connectivity index (χ3v) is 2.69. The Kier molecular flexibility index (Phi) is 3.15. The Labute approximate surface area is 96.2 Å². The second kappa shape index (κ2) is 4.44. The van der Waals surface area contributed by atoms with E-state index >= 15 is 0 Å². The molecule has 6 heteroatoms. The summed E-state index contributed by atoms with van der Waals surface area (Å²) in [5.74, 6) is -0.993. The molecule has 0 radical (unpaired) electrons. The van der Waals surface area contributed by atoms with Crippen LogP contribution in [0.3, 0.4) is 0 Å². The molecule has 0 aliphatic carbocycles. The Morgan fingerprint density at radius 2 is 2.12 bits per heavy atom. The smallest absolute Gasteiger partial charge is 0.504 e. The van der Waals surface area contributed by atoms with Gasteiger partial charge in [-0.3, -0.25) is 0 Å². The Hall–Kier alpha value is -1.43. The number of nitrogens with one attached hydrogen (secondary N) is 1. The molecule has 0 saturated carbocycles. The van der Waals surface area contributed by atoms with Gasteiger partial charge in [-0.15, -0.1) is 13.2 Å². The number of phenols is 1. The summed E-state index contributed by atoms with van der Waals surface area (Å²) in [6, 6.07) is 4.03. The van der Waals surface area contributed by atoms with E-state index in [1.807, 2.05) is 0 Å². The average Bonchev–Trinajstić information content (AvgIpc) is 2.72. The summed E-state index contributed by atoms with van der Waals surface area (Å²) >= 11 is 0. The first-order chi connectivity index (χ1) is 7.97. The van der Waals surface area contributed by atoms with Crippen LogP contribution in [0.4, 0.5) is 13.2 Å². The number of hydrogen-bond donors (Lipinski definition) is 2. The molecule has 0 aromatic heterocycles. The monoisotopic (exact) mass is 247 g/mol. The molecular weight excluding hydrogens is 235 g/mol. The van der Waals surface area contributed by atoms with Crippen molar-refractivity contribution in [1.29, 1.82) is 0 Å². The van der Waals surface area contributed by atoms with Crippen LogP contribution in [0.15, 0.2) is 18.2 Å². The standard InChI is InChI=1S/C11H12F3NO2/c12-11(13,14)17-9-5-1-3-7(10(9)16)8-4-2-6-15-8/h1,3,5,8,15-16H,2,4,6H2/t8-/m0/s1. The molecule has 2 N–H and O–H groups in total. The van der Waals surface area contributed by atoms with Gasteiger partial charge in [0.15, 0.2) is 11.5 Å². The molecule has 2 rings (SSSR count). The zero-order valence-electron chi connectivity index (χ0n) is 8.92. The van der Waals surface area contributed by atoms with E-state index in [-0.39, 0.29) is 6.04 Å². The molecule has 3 nitrogen and oxygen atoms in total. The van der Waals surface area contributed by atoms with Crippen molar-refractivity contribution in [2.45, 2.75) is 25.2 Å². The number of benzene rings is 1. The Morgan fingerprint density at radius 3 is 2.71 bits per heavy atom. The third kappa shape index (κ3) is 2.82. The normalized spacial score (nSPS) is 20.5.